The average Bonchev–Trinajstić information content (AvgIpc) is 2.41. The SMILES string of the molecule is COCCN(CCO)c1ccc(F)cc1CNC(C)C. The molecule has 0 spiro atoms. The van der Waals surface area contributed by atoms with Crippen LogP contribution < -0.4 is 10.2 Å². The lowest BCUT2D eigenvalue weighted by Gasteiger charge is -2.26. The number of rotatable bonds is 9. The highest BCUT2D eigenvalue weighted by Gasteiger charge is 2.12. The van der Waals surface area contributed by atoms with Crippen LogP contribution in [-0.2, 0) is 11.3 Å². The highest BCUT2D eigenvalue weighted by molar-refractivity contribution is 5.54. The van der Waals surface area contributed by atoms with Gasteiger partial charge in [0.15, 0.2) is 0 Å². The molecule has 0 bridgehead atoms. The van der Waals surface area contributed by atoms with Crippen LogP contribution in [0.4, 0.5) is 10.1 Å². The Balaban J connectivity index is 2.92. The highest BCUT2D eigenvalue weighted by Crippen LogP contribution is 2.21. The molecule has 2 N–H and O–H groups in total. The van der Waals surface area contributed by atoms with E-state index in [2.05, 4.69) is 19.2 Å². The molecular weight excluding hydrogens is 259 g/mol. The van der Waals surface area contributed by atoms with Crippen molar-refractivity contribution >= 4 is 5.69 Å². The summed E-state index contributed by atoms with van der Waals surface area (Å²) in [7, 11) is 1.64. The number of hydrogen-bond donors (Lipinski definition) is 2. The van der Waals surface area contributed by atoms with Crippen LogP contribution in [0.15, 0.2) is 18.2 Å². The third kappa shape index (κ3) is 5.45. The lowest BCUT2D eigenvalue weighted by molar-refractivity contribution is 0.203. The van der Waals surface area contributed by atoms with Gasteiger partial charge in [-0.3, -0.25) is 0 Å². The molecule has 0 radical (unpaired) electrons. The molecule has 0 amide bonds. The quantitative estimate of drug-likeness (QED) is 0.725. The van der Waals surface area contributed by atoms with E-state index in [1.807, 2.05) is 4.90 Å². The number of aliphatic hydroxyl groups excluding tert-OH is 1. The highest BCUT2D eigenvalue weighted by atomic mass is 19.1. The van der Waals surface area contributed by atoms with Crippen LogP contribution in [-0.4, -0.2) is 44.6 Å². The van der Waals surface area contributed by atoms with E-state index in [0.29, 0.717) is 32.3 Å². The minimum Gasteiger partial charge on any atom is -0.395 e. The second-order valence-electron chi connectivity index (χ2n) is 5.01. The molecule has 0 fully saturated rings. The molecule has 5 heteroatoms. The van der Waals surface area contributed by atoms with Gasteiger partial charge in [-0.2, -0.15) is 0 Å². The van der Waals surface area contributed by atoms with Gasteiger partial charge in [-0.05, 0) is 23.8 Å². The van der Waals surface area contributed by atoms with Crippen LogP contribution >= 0.6 is 0 Å². The number of hydrogen-bond acceptors (Lipinski definition) is 4. The zero-order valence-electron chi connectivity index (χ0n) is 12.5. The predicted molar refractivity (Wildman–Crippen MR) is 79.6 cm³/mol. The summed E-state index contributed by atoms with van der Waals surface area (Å²) in [5.74, 6) is -0.245. The summed E-state index contributed by atoms with van der Waals surface area (Å²) in [4.78, 5) is 2.01. The first-order valence-electron chi connectivity index (χ1n) is 6.95. The van der Waals surface area contributed by atoms with Gasteiger partial charge < -0.3 is 20.1 Å². The minimum absolute atomic E-state index is 0.0537. The first kappa shape index (κ1) is 16.9. The maximum Gasteiger partial charge on any atom is 0.123 e. The lowest BCUT2D eigenvalue weighted by atomic mass is 10.1. The molecule has 20 heavy (non-hydrogen) atoms. The Morgan fingerprint density at radius 2 is 2.10 bits per heavy atom. The largest absolute Gasteiger partial charge is 0.395 e. The average molecular weight is 284 g/mol. The van der Waals surface area contributed by atoms with Gasteiger partial charge >= 0.3 is 0 Å². The maximum absolute atomic E-state index is 13.5. The number of anilines is 1. The maximum atomic E-state index is 13.5. The standard InChI is InChI=1S/C15H25FN2O2/c1-12(2)17-11-13-10-14(16)4-5-15(13)18(6-8-19)7-9-20-3/h4-5,10,12,17,19H,6-9,11H2,1-3H3. The first-order valence-corrected chi connectivity index (χ1v) is 6.95. The summed E-state index contributed by atoms with van der Waals surface area (Å²) >= 11 is 0. The Bertz CT molecular complexity index is 399. The van der Waals surface area contributed by atoms with Crippen molar-refractivity contribution in [3.8, 4) is 0 Å². The van der Waals surface area contributed by atoms with Gasteiger partial charge in [0.1, 0.15) is 5.82 Å². The van der Waals surface area contributed by atoms with Crippen LogP contribution in [0.1, 0.15) is 19.4 Å². The van der Waals surface area contributed by atoms with E-state index < -0.39 is 0 Å². The van der Waals surface area contributed by atoms with E-state index in [9.17, 15) is 9.50 Å². The Kier molecular flexibility index (Phi) is 7.51. The summed E-state index contributed by atoms with van der Waals surface area (Å²) in [5, 5.41) is 12.5. The number of halogens is 1. The summed E-state index contributed by atoms with van der Waals surface area (Å²) in [5.41, 5.74) is 1.83. The molecule has 0 aliphatic rings. The monoisotopic (exact) mass is 284 g/mol. The van der Waals surface area contributed by atoms with Crippen molar-refractivity contribution < 1.29 is 14.2 Å². The summed E-state index contributed by atoms with van der Waals surface area (Å²) in [6.45, 7) is 6.48. The molecule has 0 heterocycles. The molecular formula is C15H25FN2O2. The number of benzene rings is 1. The lowest BCUT2D eigenvalue weighted by Crippen LogP contribution is -2.32. The van der Waals surface area contributed by atoms with Crippen molar-refractivity contribution in [2.75, 3.05) is 38.3 Å². The van der Waals surface area contributed by atoms with Crippen molar-refractivity contribution in [3.63, 3.8) is 0 Å². The van der Waals surface area contributed by atoms with Crippen molar-refractivity contribution in [1.82, 2.24) is 5.32 Å². The molecule has 0 saturated carbocycles. The van der Waals surface area contributed by atoms with Crippen LogP contribution in [0.2, 0.25) is 0 Å². The van der Waals surface area contributed by atoms with E-state index in [0.717, 1.165) is 11.3 Å². The molecule has 0 saturated heterocycles. The van der Waals surface area contributed by atoms with Gasteiger partial charge in [0.25, 0.3) is 0 Å². The molecule has 1 rings (SSSR count). The van der Waals surface area contributed by atoms with E-state index in [1.54, 1.807) is 19.2 Å². The third-order valence-electron chi connectivity index (χ3n) is 3.02. The molecule has 0 aromatic heterocycles. The van der Waals surface area contributed by atoms with Crippen molar-refractivity contribution in [1.29, 1.82) is 0 Å². The van der Waals surface area contributed by atoms with E-state index >= 15 is 0 Å². The van der Waals surface area contributed by atoms with Crippen molar-refractivity contribution in [2.24, 2.45) is 0 Å². The van der Waals surface area contributed by atoms with Gasteiger partial charge in [-0.1, -0.05) is 13.8 Å². The Labute approximate surface area is 120 Å². The number of ether oxygens (including phenoxy) is 1. The smallest absolute Gasteiger partial charge is 0.123 e. The van der Waals surface area contributed by atoms with Gasteiger partial charge in [-0.25, -0.2) is 4.39 Å². The third-order valence-corrected chi connectivity index (χ3v) is 3.02. The fourth-order valence-corrected chi connectivity index (χ4v) is 1.99. The fraction of sp³-hybridized carbons (Fsp3) is 0.600. The zero-order chi connectivity index (χ0) is 15.0. The molecule has 0 aliphatic carbocycles. The summed E-state index contributed by atoms with van der Waals surface area (Å²) in [6.07, 6.45) is 0. The number of aliphatic hydroxyl groups is 1. The van der Waals surface area contributed by atoms with Crippen molar-refractivity contribution in [2.45, 2.75) is 26.4 Å². The van der Waals surface area contributed by atoms with E-state index in [-0.39, 0.29) is 12.4 Å². The Hall–Kier alpha value is -1.17. The molecule has 114 valence electrons. The molecule has 0 aliphatic heterocycles. The first-order chi connectivity index (χ1) is 9.58. The number of nitrogens with zero attached hydrogens (tertiary/aromatic N) is 1. The zero-order valence-corrected chi connectivity index (χ0v) is 12.5. The minimum atomic E-state index is -0.245. The fourth-order valence-electron chi connectivity index (χ4n) is 1.99. The number of nitrogens with one attached hydrogen (secondary N) is 1. The molecule has 0 unspecified atom stereocenters. The van der Waals surface area contributed by atoms with Crippen molar-refractivity contribution in [3.05, 3.63) is 29.6 Å². The van der Waals surface area contributed by atoms with E-state index in [4.69, 9.17) is 4.74 Å². The van der Waals surface area contributed by atoms with E-state index in [1.165, 1.54) is 6.07 Å². The van der Waals surface area contributed by atoms with Crippen LogP contribution in [0.25, 0.3) is 0 Å². The normalized spacial score (nSPS) is 11.1. The van der Waals surface area contributed by atoms with Gasteiger partial charge in [-0.15, -0.1) is 0 Å². The van der Waals surface area contributed by atoms with Crippen LogP contribution in [0.3, 0.4) is 0 Å². The van der Waals surface area contributed by atoms with Gasteiger partial charge in [0.05, 0.1) is 13.2 Å². The van der Waals surface area contributed by atoms with Crippen LogP contribution in [0.5, 0.6) is 0 Å². The van der Waals surface area contributed by atoms with Gasteiger partial charge in [0.2, 0.25) is 0 Å². The Morgan fingerprint density at radius 3 is 2.70 bits per heavy atom. The predicted octanol–water partition coefficient (Wildman–Crippen LogP) is 1.77. The molecule has 0 atom stereocenters. The van der Waals surface area contributed by atoms with Crippen LogP contribution in [0, 0.1) is 5.82 Å². The molecule has 1 aromatic carbocycles. The van der Waals surface area contributed by atoms with Gasteiger partial charge in [0, 0.05) is 38.5 Å². The molecule has 1 aromatic rings. The summed E-state index contributed by atoms with van der Waals surface area (Å²) in [6, 6.07) is 5.09. The summed E-state index contributed by atoms with van der Waals surface area (Å²) < 4.78 is 18.5. The number of methoxy groups -OCH3 is 1. The second-order valence-corrected chi connectivity index (χ2v) is 5.01. The topological polar surface area (TPSA) is 44.7 Å². The second kappa shape index (κ2) is 8.89. The molecule has 4 nitrogen and oxygen atoms in total. The Morgan fingerprint density at radius 1 is 1.35 bits per heavy atom.